The summed E-state index contributed by atoms with van der Waals surface area (Å²) in [5.41, 5.74) is 0. The molecule has 1 aliphatic carbocycles. The van der Waals surface area contributed by atoms with E-state index in [-0.39, 0.29) is 17.9 Å². The summed E-state index contributed by atoms with van der Waals surface area (Å²) in [6.07, 6.45) is 7.05. The van der Waals surface area contributed by atoms with Crippen LogP contribution >= 0.6 is 0 Å². The molecule has 1 fully saturated rings. The van der Waals surface area contributed by atoms with E-state index in [9.17, 15) is 9.59 Å². The second kappa shape index (κ2) is 8.13. The lowest BCUT2D eigenvalue weighted by Crippen LogP contribution is -2.31. The summed E-state index contributed by atoms with van der Waals surface area (Å²) in [6.45, 7) is 5.56. The smallest absolute Gasteiger partial charge is 0.306 e. The molecule has 1 amide bonds. The molecule has 0 aromatic carbocycles. The SMILES string of the molecule is CC(OC(=O)CCC1CCCC1)C(=O)Nc1ccnn1C(C)C. The summed E-state index contributed by atoms with van der Waals surface area (Å²) in [5, 5.41) is 6.92. The maximum Gasteiger partial charge on any atom is 0.306 e. The van der Waals surface area contributed by atoms with Crippen LogP contribution in [0.2, 0.25) is 0 Å². The predicted molar refractivity (Wildman–Crippen MR) is 88.0 cm³/mol. The highest BCUT2D eigenvalue weighted by Crippen LogP contribution is 2.28. The normalized spacial score (nSPS) is 16.5. The van der Waals surface area contributed by atoms with E-state index in [1.54, 1.807) is 23.9 Å². The third-order valence-corrected chi connectivity index (χ3v) is 4.32. The molecule has 1 unspecified atom stereocenters. The summed E-state index contributed by atoms with van der Waals surface area (Å²) in [4.78, 5) is 24.0. The lowest BCUT2D eigenvalue weighted by atomic mass is 10.0. The lowest BCUT2D eigenvalue weighted by molar-refractivity contribution is -0.153. The molecule has 6 nitrogen and oxygen atoms in total. The summed E-state index contributed by atoms with van der Waals surface area (Å²) >= 11 is 0. The zero-order chi connectivity index (χ0) is 16.8. The fourth-order valence-electron chi connectivity index (χ4n) is 2.98. The summed E-state index contributed by atoms with van der Waals surface area (Å²) in [6, 6.07) is 1.87. The van der Waals surface area contributed by atoms with Crippen molar-refractivity contribution < 1.29 is 14.3 Å². The standard InChI is InChI=1S/C17H27N3O3/c1-12(2)20-15(10-11-18-20)19-17(22)13(3)23-16(21)9-8-14-6-4-5-7-14/h10-14H,4-9H2,1-3H3,(H,19,22). The molecular formula is C17H27N3O3. The van der Waals surface area contributed by atoms with Gasteiger partial charge in [-0.1, -0.05) is 25.7 Å². The van der Waals surface area contributed by atoms with Gasteiger partial charge in [-0.15, -0.1) is 0 Å². The predicted octanol–water partition coefficient (Wildman–Crippen LogP) is 3.30. The first-order valence-electron chi connectivity index (χ1n) is 8.51. The van der Waals surface area contributed by atoms with Crippen molar-refractivity contribution in [1.29, 1.82) is 0 Å². The number of hydrogen-bond acceptors (Lipinski definition) is 4. The number of rotatable bonds is 7. The molecule has 23 heavy (non-hydrogen) atoms. The summed E-state index contributed by atoms with van der Waals surface area (Å²) < 4.78 is 6.96. The van der Waals surface area contributed by atoms with E-state index in [1.165, 1.54) is 25.7 Å². The van der Waals surface area contributed by atoms with Gasteiger partial charge in [0.05, 0.1) is 6.20 Å². The van der Waals surface area contributed by atoms with Gasteiger partial charge in [0, 0.05) is 18.5 Å². The van der Waals surface area contributed by atoms with Gasteiger partial charge >= 0.3 is 5.97 Å². The molecule has 0 bridgehead atoms. The maximum absolute atomic E-state index is 12.2. The minimum atomic E-state index is -0.804. The number of aromatic nitrogens is 2. The monoisotopic (exact) mass is 321 g/mol. The second-order valence-corrected chi connectivity index (χ2v) is 6.57. The molecule has 0 saturated heterocycles. The van der Waals surface area contributed by atoms with Crippen molar-refractivity contribution in [2.45, 2.75) is 71.4 Å². The van der Waals surface area contributed by atoms with Crippen molar-refractivity contribution in [3.05, 3.63) is 12.3 Å². The van der Waals surface area contributed by atoms with Crippen LogP contribution in [-0.2, 0) is 14.3 Å². The molecule has 1 aliphatic rings. The van der Waals surface area contributed by atoms with Crippen molar-refractivity contribution in [2.24, 2.45) is 5.92 Å². The van der Waals surface area contributed by atoms with Crippen LogP contribution in [0, 0.1) is 5.92 Å². The highest BCUT2D eigenvalue weighted by molar-refractivity contribution is 5.94. The Morgan fingerprint density at radius 3 is 2.70 bits per heavy atom. The molecule has 1 saturated carbocycles. The van der Waals surface area contributed by atoms with Crippen LogP contribution in [0.5, 0.6) is 0 Å². The van der Waals surface area contributed by atoms with Gasteiger partial charge in [0.25, 0.3) is 5.91 Å². The Labute approximate surface area is 137 Å². The Morgan fingerprint density at radius 1 is 1.35 bits per heavy atom. The highest BCUT2D eigenvalue weighted by Gasteiger charge is 2.21. The van der Waals surface area contributed by atoms with Crippen LogP contribution in [0.25, 0.3) is 0 Å². The minimum Gasteiger partial charge on any atom is -0.453 e. The Hall–Kier alpha value is -1.85. The van der Waals surface area contributed by atoms with Gasteiger partial charge in [-0.25, -0.2) is 4.68 Å². The van der Waals surface area contributed by atoms with Crippen molar-refractivity contribution in [3.8, 4) is 0 Å². The first-order valence-corrected chi connectivity index (χ1v) is 8.51. The number of esters is 1. The first-order chi connectivity index (χ1) is 11.0. The second-order valence-electron chi connectivity index (χ2n) is 6.57. The number of anilines is 1. The Morgan fingerprint density at radius 2 is 2.04 bits per heavy atom. The Bertz CT molecular complexity index is 533. The van der Waals surface area contributed by atoms with Crippen molar-refractivity contribution in [1.82, 2.24) is 9.78 Å². The molecule has 0 spiro atoms. The van der Waals surface area contributed by atoms with E-state index < -0.39 is 6.10 Å². The van der Waals surface area contributed by atoms with Crippen molar-refractivity contribution >= 4 is 17.7 Å². The molecule has 6 heteroatoms. The highest BCUT2D eigenvalue weighted by atomic mass is 16.5. The first kappa shape index (κ1) is 17.5. The average molecular weight is 321 g/mol. The minimum absolute atomic E-state index is 0.143. The third-order valence-electron chi connectivity index (χ3n) is 4.32. The van der Waals surface area contributed by atoms with E-state index in [0.29, 0.717) is 18.2 Å². The van der Waals surface area contributed by atoms with Crippen LogP contribution < -0.4 is 5.32 Å². The van der Waals surface area contributed by atoms with Gasteiger partial charge in [0.15, 0.2) is 6.10 Å². The number of nitrogens with one attached hydrogen (secondary N) is 1. The van der Waals surface area contributed by atoms with Gasteiger partial charge in [-0.2, -0.15) is 5.10 Å². The van der Waals surface area contributed by atoms with Gasteiger partial charge in [-0.3, -0.25) is 9.59 Å². The third kappa shape index (κ3) is 5.08. The number of carbonyl (C=O) groups excluding carboxylic acids is 2. The van der Waals surface area contributed by atoms with Crippen molar-refractivity contribution in [2.75, 3.05) is 5.32 Å². The van der Waals surface area contributed by atoms with Crippen LogP contribution in [-0.4, -0.2) is 27.8 Å². The molecular weight excluding hydrogens is 294 g/mol. The van der Waals surface area contributed by atoms with Crippen LogP contribution in [0.1, 0.15) is 65.3 Å². The van der Waals surface area contributed by atoms with Gasteiger partial charge in [0.1, 0.15) is 5.82 Å². The van der Waals surface area contributed by atoms with E-state index >= 15 is 0 Å². The number of hydrogen-bond donors (Lipinski definition) is 1. The number of amides is 1. The largest absolute Gasteiger partial charge is 0.453 e. The molecule has 0 radical (unpaired) electrons. The summed E-state index contributed by atoms with van der Waals surface area (Å²) in [7, 11) is 0. The average Bonchev–Trinajstić information content (AvgIpc) is 3.16. The van der Waals surface area contributed by atoms with Gasteiger partial charge in [-0.05, 0) is 33.1 Å². The molecule has 0 aliphatic heterocycles. The Balaban J connectivity index is 1.77. The fraction of sp³-hybridized carbons (Fsp3) is 0.706. The van der Waals surface area contributed by atoms with Crippen LogP contribution in [0.15, 0.2) is 12.3 Å². The molecule has 1 aromatic heterocycles. The topological polar surface area (TPSA) is 73.2 Å². The van der Waals surface area contributed by atoms with Gasteiger partial charge < -0.3 is 10.1 Å². The van der Waals surface area contributed by atoms with E-state index in [2.05, 4.69) is 10.4 Å². The van der Waals surface area contributed by atoms with E-state index in [4.69, 9.17) is 4.74 Å². The molecule has 1 atom stereocenters. The van der Waals surface area contributed by atoms with E-state index in [1.807, 2.05) is 13.8 Å². The zero-order valence-corrected chi connectivity index (χ0v) is 14.2. The molecule has 1 aromatic rings. The lowest BCUT2D eigenvalue weighted by Gasteiger charge is -2.16. The van der Waals surface area contributed by atoms with Crippen molar-refractivity contribution in [3.63, 3.8) is 0 Å². The molecule has 1 heterocycles. The number of nitrogens with zero attached hydrogens (tertiary/aromatic N) is 2. The maximum atomic E-state index is 12.2. The number of ether oxygens (including phenoxy) is 1. The van der Waals surface area contributed by atoms with E-state index in [0.717, 1.165) is 6.42 Å². The van der Waals surface area contributed by atoms with Gasteiger partial charge in [0.2, 0.25) is 0 Å². The molecule has 1 N–H and O–H groups in total. The Kier molecular flexibility index (Phi) is 6.19. The van der Waals surface area contributed by atoms with Crippen LogP contribution in [0.3, 0.4) is 0 Å². The molecule has 128 valence electrons. The fourth-order valence-corrected chi connectivity index (χ4v) is 2.98. The van der Waals surface area contributed by atoms with Crippen LogP contribution in [0.4, 0.5) is 5.82 Å². The zero-order valence-electron chi connectivity index (χ0n) is 14.2. The quantitative estimate of drug-likeness (QED) is 0.782. The summed E-state index contributed by atoms with van der Waals surface area (Å²) in [5.74, 6) is 0.629. The number of carbonyl (C=O) groups is 2. The molecule has 2 rings (SSSR count).